The zero-order chi connectivity index (χ0) is 12.6. The lowest BCUT2D eigenvalue weighted by Crippen LogP contribution is -2.30. The number of hydrogen-bond acceptors (Lipinski definition) is 2. The molecule has 1 saturated heterocycles. The molecule has 1 aromatic rings. The van der Waals surface area contributed by atoms with Gasteiger partial charge in [0.25, 0.3) is 0 Å². The van der Waals surface area contributed by atoms with Crippen LogP contribution in [0.5, 0.6) is 0 Å². The van der Waals surface area contributed by atoms with Gasteiger partial charge in [0.1, 0.15) is 5.82 Å². The van der Waals surface area contributed by atoms with Crippen LogP contribution in [0.1, 0.15) is 24.8 Å². The van der Waals surface area contributed by atoms with Crippen molar-refractivity contribution in [1.29, 1.82) is 0 Å². The van der Waals surface area contributed by atoms with Crippen LogP contribution in [-0.2, 0) is 11.2 Å². The Labute approximate surface area is 109 Å². The molecule has 1 aromatic carbocycles. The molecule has 3 heteroatoms. The van der Waals surface area contributed by atoms with Gasteiger partial charge in [-0.05, 0) is 62.4 Å². The summed E-state index contributed by atoms with van der Waals surface area (Å²) in [6.45, 7) is 3.80. The Morgan fingerprint density at radius 1 is 1.33 bits per heavy atom. The van der Waals surface area contributed by atoms with Crippen molar-refractivity contribution in [3.8, 4) is 0 Å². The van der Waals surface area contributed by atoms with Crippen molar-refractivity contribution >= 4 is 0 Å². The van der Waals surface area contributed by atoms with E-state index in [0.717, 1.165) is 44.0 Å². The van der Waals surface area contributed by atoms with E-state index < -0.39 is 0 Å². The van der Waals surface area contributed by atoms with Crippen molar-refractivity contribution < 1.29 is 9.13 Å². The van der Waals surface area contributed by atoms with Crippen LogP contribution in [0.15, 0.2) is 24.3 Å². The maximum absolute atomic E-state index is 12.9. The summed E-state index contributed by atoms with van der Waals surface area (Å²) in [7, 11) is 0. The van der Waals surface area contributed by atoms with Gasteiger partial charge in [-0.25, -0.2) is 4.39 Å². The lowest BCUT2D eigenvalue weighted by Gasteiger charge is -2.22. The Kier molecular flexibility index (Phi) is 5.62. The predicted molar refractivity (Wildman–Crippen MR) is 71.1 cm³/mol. The standard InChI is InChI=1S/C15H22FNO/c16-15-5-1-3-13(11-15)6-9-18-10-7-14-4-2-8-17-12-14/h1,3,5,11,14,17H,2,4,6-10,12H2. The fourth-order valence-corrected chi connectivity index (χ4v) is 2.40. The van der Waals surface area contributed by atoms with Crippen LogP contribution in [0.2, 0.25) is 0 Å². The fourth-order valence-electron chi connectivity index (χ4n) is 2.40. The molecular formula is C15H22FNO. The highest BCUT2D eigenvalue weighted by Crippen LogP contribution is 2.13. The first kappa shape index (κ1) is 13.5. The molecule has 0 amide bonds. The van der Waals surface area contributed by atoms with Gasteiger partial charge in [-0.2, -0.15) is 0 Å². The number of halogens is 1. The van der Waals surface area contributed by atoms with E-state index in [2.05, 4.69) is 5.32 Å². The van der Waals surface area contributed by atoms with Crippen LogP contribution in [0.3, 0.4) is 0 Å². The van der Waals surface area contributed by atoms with Gasteiger partial charge >= 0.3 is 0 Å². The van der Waals surface area contributed by atoms with Crippen molar-refractivity contribution in [3.63, 3.8) is 0 Å². The Balaban J connectivity index is 1.55. The van der Waals surface area contributed by atoms with Gasteiger partial charge in [0.05, 0.1) is 6.61 Å². The molecule has 1 heterocycles. The number of piperidine rings is 1. The van der Waals surface area contributed by atoms with Crippen LogP contribution >= 0.6 is 0 Å². The number of ether oxygens (including phenoxy) is 1. The molecule has 0 spiro atoms. The van der Waals surface area contributed by atoms with Gasteiger partial charge in [-0.15, -0.1) is 0 Å². The normalized spacial score (nSPS) is 19.9. The maximum atomic E-state index is 12.9. The lowest BCUT2D eigenvalue weighted by molar-refractivity contribution is 0.118. The molecule has 1 unspecified atom stereocenters. The molecule has 1 aliphatic heterocycles. The van der Waals surface area contributed by atoms with E-state index in [0.29, 0.717) is 6.61 Å². The number of nitrogens with one attached hydrogen (secondary N) is 1. The summed E-state index contributed by atoms with van der Waals surface area (Å²) in [5.41, 5.74) is 1.01. The summed E-state index contributed by atoms with van der Waals surface area (Å²) in [6, 6.07) is 6.74. The monoisotopic (exact) mass is 251 g/mol. The quantitative estimate of drug-likeness (QED) is 0.785. The van der Waals surface area contributed by atoms with Crippen LogP contribution < -0.4 is 5.32 Å². The van der Waals surface area contributed by atoms with Crippen LogP contribution in [0, 0.1) is 11.7 Å². The highest BCUT2D eigenvalue weighted by molar-refractivity contribution is 5.16. The van der Waals surface area contributed by atoms with Crippen molar-refractivity contribution in [3.05, 3.63) is 35.6 Å². The smallest absolute Gasteiger partial charge is 0.123 e. The van der Waals surface area contributed by atoms with Crippen LogP contribution in [-0.4, -0.2) is 26.3 Å². The minimum Gasteiger partial charge on any atom is -0.381 e. The van der Waals surface area contributed by atoms with Gasteiger partial charge in [-0.1, -0.05) is 12.1 Å². The molecule has 0 saturated carbocycles. The maximum Gasteiger partial charge on any atom is 0.123 e. The molecule has 2 nitrogen and oxygen atoms in total. The molecule has 0 radical (unpaired) electrons. The topological polar surface area (TPSA) is 21.3 Å². The minimum atomic E-state index is -0.166. The van der Waals surface area contributed by atoms with Gasteiger partial charge in [-0.3, -0.25) is 0 Å². The molecule has 1 N–H and O–H groups in total. The summed E-state index contributed by atoms with van der Waals surface area (Å²) in [5, 5.41) is 3.41. The summed E-state index contributed by atoms with van der Waals surface area (Å²) in [6.07, 6.45) is 4.53. The zero-order valence-electron chi connectivity index (χ0n) is 10.8. The fraction of sp³-hybridized carbons (Fsp3) is 0.600. The summed E-state index contributed by atoms with van der Waals surface area (Å²) in [5.74, 6) is 0.605. The first-order valence-electron chi connectivity index (χ1n) is 6.87. The van der Waals surface area contributed by atoms with Gasteiger partial charge in [0.2, 0.25) is 0 Å². The minimum absolute atomic E-state index is 0.166. The zero-order valence-corrected chi connectivity index (χ0v) is 10.8. The Morgan fingerprint density at radius 2 is 2.28 bits per heavy atom. The molecule has 0 aliphatic carbocycles. The largest absolute Gasteiger partial charge is 0.381 e. The van der Waals surface area contributed by atoms with Gasteiger partial charge in [0.15, 0.2) is 0 Å². The van der Waals surface area contributed by atoms with E-state index >= 15 is 0 Å². The van der Waals surface area contributed by atoms with Crippen LogP contribution in [0.4, 0.5) is 4.39 Å². The second kappa shape index (κ2) is 7.49. The van der Waals surface area contributed by atoms with E-state index in [1.807, 2.05) is 6.07 Å². The third-order valence-corrected chi connectivity index (χ3v) is 3.49. The van der Waals surface area contributed by atoms with Crippen molar-refractivity contribution in [2.45, 2.75) is 25.7 Å². The van der Waals surface area contributed by atoms with Crippen molar-refractivity contribution in [1.82, 2.24) is 5.32 Å². The first-order valence-corrected chi connectivity index (χ1v) is 6.87. The van der Waals surface area contributed by atoms with E-state index in [1.165, 1.54) is 18.9 Å². The average Bonchev–Trinajstić information content (AvgIpc) is 2.40. The SMILES string of the molecule is Fc1cccc(CCOCCC2CCCNC2)c1. The van der Waals surface area contributed by atoms with Gasteiger partial charge in [0, 0.05) is 6.61 Å². The molecule has 18 heavy (non-hydrogen) atoms. The molecule has 2 rings (SSSR count). The summed E-state index contributed by atoms with van der Waals surface area (Å²) in [4.78, 5) is 0. The Morgan fingerprint density at radius 3 is 3.06 bits per heavy atom. The van der Waals surface area contributed by atoms with E-state index in [4.69, 9.17) is 4.74 Å². The predicted octanol–water partition coefficient (Wildman–Crippen LogP) is 2.77. The molecule has 100 valence electrons. The molecular weight excluding hydrogens is 229 g/mol. The number of benzene rings is 1. The molecule has 1 fully saturated rings. The van der Waals surface area contributed by atoms with Crippen molar-refractivity contribution in [2.24, 2.45) is 5.92 Å². The van der Waals surface area contributed by atoms with Crippen molar-refractivity contribution in [2.75, 3.05) is 26.3 Å². The van der Waals surface area contributed by atoms with E-state index in [9.17, 15) is 4.39 Å². The Bertz CT molecular complexity index is 350. The highest BCUT2D eigenvalue weighted by atomic mass is 19.1. The van der Waals surface area contributed by atoms with E-state index in [1.54, 1.807) is 12.1 Å². The van der Waals surface area contributed by atoms with Crippen LogP contribution in [0.25, 0.3) is 0 Å². The number of rotatable bonds is 6. The second-order valence-corrected chi connectivity index (χ2v) is 4.99. The third kappa shape index (κ3) is 4.75. The first-order chi connectivity index (χ1) is 8.84. The average molecular weight is 251 g/mol. The van der Waals surface area contributed by atoms with E-state index in [-0.39, 0.29) is 5.82 Å². The third-order valence-electron chi connectivity index (χ3n) is 3.49. The number of hydrogen-bond donors (Lipinski definition) is 1. The summed E-state index contributed by atoms with van der Waals surface area (Å²) < 4.78 is 18.6. The molecule has 0 bridgehead atoms. The molecule has 0 aromatic heterocycles. The highest BCUT2D eigenvalue weighted by Gasteiger charge is 2.11. The Hall–Kier alpha value is -0.930. The summed E-state index contributed by atoms with van der Waals surface area (Å²) >= 11 is 0. The molecule has 1 atom stereocenters. The second-order valence-electron chi connectivity index (χ2n) is 4.99. The van der Waals surface area contributed by atoms with Gasteiger partial charge < -0.3 is 10.1 Å². The molecule has 1 aliphatic rings. The lowest BCUT2D eigenvalue weighted by atomic mass is 9.97.